The molecule has 21 heavy (non-hydrogen) atoms. The zero-order chi connectivity index (χ0) is 14.8. The lowest BCUT2D eigenvalue weighted by Gasteiger charge is -2.17. The van der Waals surface area contributed by atoms with E-state index in [1.165, 1.54) is 12.1 Å². The Morgan fingerprint density at radius 1 is 1.38 bits per heavy atom. The summed E-state index contributed by atoms with van der Waals surface area (Å²) in [5.41, 5.74) is 3.40. The third kappa shape index (κ3) is 2.58. The molecule has 1 heterocycles. The van der Waals surface area contributed by atoms with Crippen LogP contribution in [0.5, 0.6) is 0 Å². The Hall–Kier alpha value is -1.75. The van der Waals surface area contributed by atoms with Crippen LogP contribution in [0.15, 0.2) is 29.4 Å². The van der Waals surface area contributed by atoms with E-state index in [0.29, 0.717) is 5.56 Å². The molecule has 0 bridgehead atoms. The lowest BCUT2D eigenvalue weighted by molar-refractivity contribution is 0.0693. The van der Waals surface area contributed by atoms with E-state index in [-0.39, 0.29) is 0 Å². The van der Waals surface area contributed by atoms with Crippen molar-refractivity contribution in [2.75, 3.05) is 5.75 Å². The van der Waals surface area contributed by atoms with Crippen LogP contribution in [-0.2, 0) is 12.8 Å². The van der Waals surface area contributed by atoms with Gasteiger partial charge in [0.15, 0.2) is 0 Å². The molecule has 4 nitrogen and oxygen atoms in total. The third-order valence-electron chi connectivity index (χ3n) is 3.81. The molecule has 0 aliphatic heterocycles. The summed E-state index contributed by atoms with van der Waals surface area (Å²) < 4.78 is 1.97. The van der Waals surface area contributed by atoms with Crippen molar-refractivity contribution in [3.63, 3.8) is 0 Å². The number of thioether (sulfide) groups is 1. The Labute approximate surface area is 128 Å². The first-order valence-electron chi connectivity index (χ1n) is 7.27. The van der Waals surface area contributed by atoms with Crippen LogP contribution in [0.1, 0.15) is 41.5 Å². The summed E-state index contributed by atoms with van der Waals surface area (Å²) in [5.74, 6) is -0.0222. The molecule has 1 aromatic carbocycles. The maximum Gasteiger partial charge on any atom is 0.338 e. The Balaban J connectivity index is 2.16. The second-order valence-electron chi connectivity index (χ2n) is 5.10. The van der Waals surface area contributed by atoms with Crippen molar-refractivity contribution < 1.29 is 9.90 Å². The van der Waals surface area contributed by atoms with Crippen LogP contribution in [0.4, 0.5) is 0 Å². The summed E-state index contributed by atoms with van der Waals surface area (Å²) in [7, 11) is 0. The van der Waals surface area contributed by atoms with E-state index in [0.717, 1.165) is 41.3 Å². The number of aromatic carboxylic acids is 1. The lowest BCUT2D eigenvalue weighted by Crippen LogP contribution is -2.11. The zero-order valence-corrected chi connectivity index (χ0v) is 12.8. The quantitative estimate of drug-likeness (QED) is 0.877. The van der Waals surface area contributed by atoms with Crippen molar-refractivity contribution in [3.05, 3.63) is 41.5 Å². The first-order chi connectivity index (χ1) is 10.2. The smallest absolute Gasteiger partial charge is 0.338 e. The van der Waals surface area contributed by atoms with Gasteiger partial charge >= 0.3 is 5.97 Å². The minimum atomic E-state index is -0.875. The first-order valence-corrected chi connectivity index (χ1v) is 8.25. The molecule has 0 saturated carbocycles. The monoisotopic (exact) mass is 302 g/mol. The molecule has 1 aromatic heterocycles. The predicted molar refractivity (Wildman–Crippen MR) is 83.6 cm³/mol. The lowest BCUT2D eigenvalue weighted by atomic mass is 10.0. The topological polar surface area (TPSA) is 55.1 Å². The molecule has 3 rings (SSSR count). The van der Waals surface area contributed by atoms with E-state index >= 15 is 0 Å². The Kier molecular flexibility index (Phi) is 4.01. The molecule has 110 valence electrons. The summed E-state index contributed by atoms with van der Waals surface area (Å²) in [6, 6.07) is 5.68. The molecule has 0 atom stereocenters. The number of hydrogen-bond donors (Lipinski definition) is 1. The van der Waals surface area contributed by atoms with E-state index in [1.54, 1.807) is 18.1 Å². The Morgan fingerprint density at radius 3 is 2.95 bits per heavy atom. The first kappa shape index (κ1) is 14.2. The normalized spacial score (nSPS) is 14.0. The van der Waals surface area contributed by atoms with Gasteiger partial charge in [-0.25, -0.2) is 9.78 Å². The number of benzene rings is 1. The maximum absolute atomic E-state index is 11.7. The number of carboxylic acid groups (broad SMARTS) is 1. The van der Waals surface area contributed by atoms with E-state index in [9.17, 15) is 9.90 Å². The van der Waals surface area contributed by atoms with Crippen LogP contribution in [0.25, 0.3) is 5.69 Å². The molecule has 0 fully saturated rings. The molecule has 0 radical (unpaired) electrons. The number of fused-ring (bicyclic) bond motifs is 1. The molecule has 0 spiro atoms. The third-order valence-corrected chi connectivity index (χ3v) is 4.75. The van der Waals surface area contributed by atoms with Gasteiger partial charge in [-0.05, 0) is 43.6 Å². The van der Waals surface area contributed by atoms with Crippen LogP contribution in [0, 0.1) is 0 Å². The Bertz CT molecular complexity index is 679. The summed E-state index contributed by atoms with van der Waals surface area (Å²) in [4.78, 5) is 17.0. The van der Waals surface area contributed by atoms with Crippen LogP contribution in [0.2, 0.25) is 0 Å². The molecule has 5 heteroatoms. The van der Waals surface area contributed by atoms with Gasteiger partial charge in [-0.15, -0.1) is 11.8 Å². The highest BCUT2D eigenvalue weighted by atomic mass is 32.2. The molecular weight excluding hydrogens is 284 g/mol. The van der Waals surface area contributed by atoms with E-state index in [2.05, 4.69) is 4.98 Å². The van der Waals surface area contributed by atoms with Gasteiger partial charge in [-0.2, -0.15) is 0 Å². The fraction of sp³-hybridized carbons (Fsp3) is 0.375. The van der Waals surface area contributed by atoms with Crippen molar-refractivity contribution in [1.82, 2.24) is 9.55 Å². The van der Waals surface area contributed by atoms with Crippen LogP contribution >= 0.6 is 11.8 Å². The van der Waals surface area contributed by atoms with Crippen molar-refractivity contribution in [2.45, 2.75) is 37.5 Å². The average Bonchev–Trinajstić information content (AvgIpc) is 2.91. The number of carboxylic acids is 1. The van der Waals surface area contributed by atoms with Crippen LogP contribution in [0.3, 0.4) is 0 Å². The van der Waals surface area contributed by atoms with E-state index < -0.39 is 5.97 Å². The SMILES string of the molecule is CCSc1cccc(-n2cnc3c2CCCC3)c1C(=O)O. The fourth-order valence-corrected chi connectivity index (χ4v) is 3.71. The van der Waals surface area contributed by atoms with Crippen LogP contribution < -0.4 is 0 Å². The predicted octanol–water partition coefficient (Wildman–Crippen LogP) is 3.56. The summed E-state index contributed by atoms with van der Waals surface area (Å²) >= 11 is 1.56. The highest BCUT2D eigenvalue weighted by Crippen LogP contribution is 2.30. The number of nitrogens with zero attached hydrogens (tertiary/aromatic N) is 2. The fourth-order valence-electron chi connectivity index (χ4n) is 2.89. The van der Waals surface area contributed by atoms with Gasteiger partial charge in [0, 0.05) is 10.6 Å². The minimum absolute atomic E-state index is 0.384. The molecule has 2 aromatic rings. The molecule has 0 unspecified atom stereocenters. The molecule has 1 aliphatic carbocycles. The van der Waals surface area contributed by atoms with Crippen molar-refractivity contribution in [3.8, 4) is 5.69 Å². The summed E-state index contributed by atoms with van der Waals surface area (Å²) in [6.45, 7) is 2.03. The molecular formula is C16H18N2O2S. The van der Waals surface area contributed by atoms with Crippen LogP contribution in [-0.4, -0.2) is 26.4 Å². The van der Waals surface area contributed by atoms with Gasteiger partial charge in [0.05, 0.1) is 23.3 Å². The van der Waals surface area contributed by atoms with Gasteiger partial charge in [0.1, 0.15) is 0 Å². The highest BCUT2D eigenvalue weighted by molar-refractivity contribution is 7.99. The molecule has 1 aliphatic rings. The van der Waals surface area contributed by atoms with E-state index in [1.807, 2.05) is 29.7 Å². The van der Waals surface area contributed by atoms with Crippen molar-refractivity contribution in [2.24, 2.45) is 0 Å². The molecule has 0 amide bonds. The second-order valence-corrected chi connectivity index (χ2v) is 6.41. The largest absolute Gasteiger partial charge is 0.478 e. The van der Waals surface area contributed by atoms with Gasteiger partial charge in [0.25, 0.3) is 0 Å². The summed E-state index contributed by atoms with van der Waals surface area (Å²) in [6.07, 6.45) is 6.05. The number of rotatable bonds is 4. The minimum Gasteiger partial charge on any atom is -0.478 e. The van der Waals surface area contributed by atoms with Gasteiger partial charge in [-0.1, -0.05) is 13.0 Å². The highest BCUT2D eigenvalue weighted by Gasteiger charge is 2.21. The van der Waals surface area contributed by atoms with Gasteiger partial charge in [-0.3, -0.25) is 0 Å². The van der Waals surface area contributed by atoms with E-state index in [4.69, 9.17) is 0 Å². The van der Waals surface area contributed by atoms with Gasteiger partial charge in [0.2, 0.25) is 0 Å². The molecule has 0 saturated heterocycles. The molecule has 1 N–H and O–H groups in total. The average molecular weight is 302 g/mol. The maximum atomic E-state index is 11.7. The summed E-state index contributed by atoms with van der Waals surface area (Å²) in [5, 5.41) is 9.63. The number of hydrogen-bond acceptors (Lipinski definition) is 3. The number of aromatic nitrogens is 2. The van der Waals surface area contributed by atoms with Crippen molar-refractivity contribution >= 4 is 17.7 Å². The number of carbonyl (C=O) groups is 1. The number of aryl methyl sites for hydroxylation is 1. The second kappa shape index (κ2) is 5.93. The zero-order valence-electron chi connectivity index (χ0n) is 12.0. The standard InChI is InChI=1S/C16H18N2O2S/c1-2-21-14-9-5-8-13(15(14)16(19)20)18-10-17-11-6-3-4-7-12(11)18/h5,8-10H,2-4,6-7H2,1H3,(H,19,20). The number of imidazole rings is 1. The van der Waals surface area contributed by atoms with Crippen molar-refractivity contribution in [1.29, 1.82) is 0 Å². The van der Waals surface area contributed by atoms with Gasteiger partial charge < -0.3 is 9.67 Å². The Morgan fingerprint density at radius 2 is 2.19 bits per heavy atom.